The number of hydrogen-bond donors (Lipinski definition) is 0. The van der Waals surface area contributed by atoms with E-state index in [1.54, 1.807) is 4.90 Å². The maximum Gasteiger partial charge on any atom is 0.254 e. The second-order valence-corrected chi connectivity index (χ2v) is 6.35. The van der Waals surface area contributed by atoms with E-state index in [1.165, 1.54) is 28.3 Å². The normalized spacial score (nSPS) is 16.0. The first-order chi connectivity index (χ1) is 10.6. The number of piperazine rings is 1. The summed E-state index contributed by atoms with van der Waals surface area (Å²) in [4.78, 5) is 33.6. The zero-order valence-corrected chi connectivity index (χ0v) is 13.3. The predicted molar refractivity (Wildman–Crippen MR) is 85.9 cm³/mol. The topological polar surface area (TPSA) is 58.4 Å². The summed E-state index contributed by atoms with van der Waals surface area (Å²) in [5.41, 5.74) is 0.462. The minimum absolute atomic E-state index is 0.0270. The molecule has 0 bridgehead atoms. The number of carbonyl (C=O) groups excluding carboxylic acids is 1. The maximum atomic E-state index is 12.3. The number of aromatic nitrogens is 2. The number of amides is 1. The lowest BCUT2D eigenvalue weighted by molar-refractivity contribution is -0.133. The zero-order chi connectivity index (χ0) is 15.5. The van der Waals surface area contributed by atoms with Crippen LogP contribution in [0.5, 0.6) is 0 Å². The molecule has 1 fully saturated rings. The van der Waals surface area contributed by atoms with E-state index >= 15 is 0 Å². The van der Waals surface area contributed by atoms with E-state index in [0.29, 0.717) is 18.8 Å². The fraction of sp³-hybridized carbons (Fsp3) is 0.400. The molecule has 0 saturated carbocycles. The van der Waals surface area contributed by atoms with Crippen LogP contribution in [0.15, 0.2) is 34.7 Å². The molecule has 22 heavy (non-hydrogen) atoms. The molecular weight excluding hydrogens is 300 g/mol. The molecule has 0 spiro atoms. The molecule has 1 aliphatic heterocycles. The average molecular weight is 318 g/mol. The van der Waals surface area contributed by atoms with Gasteiger partial charge in [0.25, 0.3) is 5.56 Å². The molecule has 3 heterocycles. The quantitative estimate of drug-likeness (QED) is 0.838. The van der Waals surface area contributed by atoms with Gasteiger partial charge in [0, 0.05) is 32.2 Å². The third-order valence-corrected chi connectivity index (χ3v) is 4.71. The second kappa shape index (κ2) is 6.41. The Morgan fingerprint density at radius 1 is 1.32 bits per heavy atom. The van der Waals surface area contributed by atoms with Gasteiger partial charge in [-0.3, -0.25) is 14.2 Å². The van der Waals surface area contributed by atoms with Gasteiger partial charge in [0.2, 0.25) is 5.91 Å². The van der Waals surface area contributed by atoms with Crippen LogP contribution in [0.1, 0.15) is 0 Å². The molecule has 1 aliphatic rings. The van der Waals surface area contributed by atoms with E-state index in [9.17, 15) is 9.59 Å². The molecule has 1 saturated heterocycles. The fourth-order valence-electron chi connectivity index (χ4n) is 2.41. The van der Waals surface area contributed by atoms with Crippen LogP contribution in [-0.4, -0.2) is 58.5 Å². The fourth-order valence-corrected chi connectivity index (χ4v) is 3.10. The van der Waals surface area contributed by atoms with Crippen molar-refractivity contribution < 1.29 is 4.79 Å². The van der Waals surface area contributed by atoms with Crippen molar-refractivity contribution in [2.24, 2.45) is 0 Å². The highest BCUT2D eigenvalue weighted by atomic mass is 32.1. The van der Waals surface area contributed by atoms with Gasteiger partial charge in [-0.2, -0.15) is 0 Å². The molecule has 3 rings (SSSR count). The van der Waals surface area contributed by atoms with Gasteiger partial charge in [0.1, 0.15) is 6.54 Å². The van der Waals surface area contributed by atoms with Crippen molar-refractivity contribution in [1.82, 2.24) is 19.4 Å². The van der Waals surface area contributed by atoms with Gasteiger partial charge < -0.3 is 9.80 Å². The summed E-state index contributed by atoms with van der Waals surface area (Å²) in [6, 6.07) is 5.33. The molecule has 116 valence electrons. The Bertz CT molecular complexity index is 703. The summed E-state index contributed by atoms with van der Waals surface area (Å²) in [6.07, 6.45) is 1.46. The summed E-state index contributed by atoms with van der Waals surface area (Å²) in [5, 5.41) is 1.94. The molecule has 0 aliphatic carbocycles. The third-order valence-electron chi connectivity index (χ3n) is 3.81. The highest BCUT2D eigenvalue weighted by Gasteiger charge is 2.19. The number of hydrogen-bond acceptors (Lipinski definition) is 5. The molecule has 0 radical (unpaired) electrons. The summed E-state index contributed by atoms with van der Waals surface area (Å²) in [6.45, 7) is 3.22. The van der Waals surface area contributed by atoms with E-state index in [1.807, 2.05) is 24.6 Å². The molecule has 2 aromatic rings. The van der Waals surface area contributed by atoms with E-state index in [0.717, 1.165) is 18.0 Å². The van der Waals surface area contributed by atoms with Gasteiger partial charge in [0.15, 0.2) is 0 Å². The number of likely N-dealkylation sites (N-methyl/N-ethyl adjacent to an activating group) is 1. The molecule has 0 atom stereocenters. The van der Waals surface area contributed by atoms with E-state index in [2.05, 4.69) is 9.88 Å². The van der Waals surface area contributed by atoms with Crippen molar-refractivity contribution in [3.8, 4) is 10.6 Å². The number of thiophene rings is 1. The smallest absolute Gasteiger partial charge is 0.254 e. The van der Waals surface area contributed by atoms with E-state index in [-0.39, 0.29) is 18.0 Å². The summed E-state index contributed by atoms with van der Waals surface area (Å²) in [7, 11) is 2.04. The van der Waals surface area contributed by atoms with Crippen molar-refractivity contribution in [2.75, 3.05) is 33.2 Å². The largest absolute Gasteiger partial charge is 0.339 e. The molecule has 0 unspecified atom stereocenters. The van der Waals surface area contributed by atoms with Crippen LogP contribution in [0.4, 0.5) is 0 Å². The van der Waals surface area contributed by atoms with Crippen LogP contribution in [0, 0.1) is 0 Å². The summed E-state index contributed by atoms with van der Waals surface area (Å²) >= 11 is 1.54. The zero-order valence-electron chi connectivity index (χ0n) is 12.4. The third kappa shape index (κ3) is 3.26. The van der Waals surface area contributed by atoms with Gasteiger partial charge in [0.05, 0.1) is 16.9 Å². The van der Waals surface area contributed by atoms with Crippen LogP contribution in [-0.2, 0) is 11.3 Å². The predicted octanol–water partition coefficient (Wildman–Crippen LogP) is 0.746. The number of rotatable bonds is 3. The Morgan fingerprint density at radius 3 is 2.73 bits per heavy atom. The van der Waals surface area contributed by atoms with Gasteiger partial charge in [-0.25, -0.2) is 4.98 Å². The summed E-state index contributed by atoms with van der Waals surface area (Å²) < 4.78 is 1.37. The van der Waals surface area contributed by atoms with E-state index < -0.39 is 0 Å². The van der Waals surface area contributed by atoms with Gasteiger partial charge in [-0.15, -0.1) is 11.3 Å². The van der Waals surface area contributed by atoms with Gasteiger partial charge in [-0.1, -0.05) is 6.07 Å². The molecule has 1 amide bonds. The minimum Gasteiger partial charge on any atom is -0.339 e. The molecule has 7 heteroatoms. The Kier molecular flexibility index (Phi) is 4.35. The first kappa shape index (κ1) is 14.9. The molecule has 0 N–H and O–H groups in total. The van der Waals surface area contributed by atoms with Crippen molar-refractivity contribution in [3.63, 3.8) is 0 Å². The molecule has 2 aromatic heterocycles. The highest BCUT2D eigenvalue weighted by Crippen LogP contribution is 2.20. The number of nitrogens with zero attached hydrogens (tertiary/aromatic N) is 4. The van der Waals surface area contributed by atoms with Crippen LogP contribution in [0.3, 0.4) is 0 Å². The Morgan fingerprint density at radius 2 is 2.09 bits per heavy atom. The van der Waals surface area contributed by atoms with Crippen LogP contribution >= 0.6 is 11.3 Å². The maximum absolute atomic E-state index is 12.3. The second-order valence-electron chi connectivity index (χ2n) is 5.40. The van der Waals surface area contributed by atoms with Gasteiger partial charge in [-0.05, 0) is 18.5 Å². The van der Waals surface area contributed by atoms with Gasteiger partial charge >= 0.3 is 0 Å². The Hall–Kier alpha value is -1.99. The lowest BCUT2D eigenvalue weighted by Crippen LogP contribution is -2.48. The van der Waals surface area contributed by atoms with Crippen molar-refractivity contribution >= 4 is 17.2 Å². The first-order valence-electron chi connectivity index (χ1n) is 7.20. The SMILES string of the molecule is CN1CCN(C(=O)Cn2cnc(-c3cccs3)cc2=O)CC1. The highest BCUT2D eigenvalue weighted by molar-refractivity contribution is 7.13. The lowest BCUT2D eigenvalue weighted by Gasteiger charge is -2.32. The Balaban J connectivity index is 1.70. The van der Waals surface area contributed by atoms with E-state index in [4.69, 9.17) is 0 Å². The summed E-state index contributed by atoms with van der Waals surface area (Å²) in [5.74, 6) is -0.0270. The number of carbonyl (C=O) groups is 1. The monoisotopic (exact) mass is 318 g/mol. The van der Waals surface area contributed by atoms with Crippen molar-refractivity contribution in [1.29, 1.82) is 0 Å². The van der Waals surface area contributed by atoms with Crippen LogP contribution in [0.25, 0.3) is 10.6 Å². The minimum atomic E-state index is -0.194. The molecule has 6 nitrogen and oxygen atoms in total. The average Bonchev–Trinajstić information content (AvgIpc) is 3.04. The first-order valence-corrected chi connectivity index (χ1v) is 8.08. The Labute approximate surface area is 132 Å². The molecule has 0 aromatic carbocycles. The standard InChI is InChI=1S/C15H18N4O2S/c1-17-4-6-18(7-5-17)15(21)10-19-11-16-12(9-14(19)20)13-3-2-8-22-13/h2-3,8-9,11H,4-7,10H2,1H3. The molecular formula is C15H18N4O2S. The van der Waals surface area contributed by atoms with Crippen LogP contribution < -0.4 is 5.56 Å². The van der Waals surface area contributed by atoms with Crippen molar-refractivity contribution in [3.05, 3.63) is 40.3 Å². The lowest BCUT2D eigenvalue weighted by atomic mass is 10.3. The van der Waals surface area contributed by atoms with Crippen LogP contribution in [0.2, 0.25) is 0 Å². The van der Waals surface area contributed by atoms with Crippen molar-refractivity contribution in [2.45, 2.75) is 6.54 Å².